The van der Waals surface area contributed by atoms with Gasteiger partial charge < -0.3 is 14.8 Å². The van der Waals surface area contributed by atoms with Gasteiger partial charge in [0.25, 0.3) is 5.91 Å². The third-order valence-electron chi connectivity index (χ3n) is 6.16. The Morgan fingerprint density at radius 2 is 2.03 bits per heavy atom. The summed E-state index contributed by atoms with van der Waals surface area (Å²) in [6.07, 6.45) is 0.661. The zero-order valence-corrected chi connectivity index (χ0v) is 18.9. The third kappa shape index (κ3) is 2.64. The number of hydrogen-bond donors (Lipinski definition) is 1. The molecule has 0 radical (unpaired) electrons. The summed E-state index contributed by atoms with van der Waals surface area (Å²) in [5.41, 5.74) is 2.96. The van der Waals surface area contributed by atoms with Gasteiger partial charge in [-0.2, -0.15) is 5.10 Å². The van der Waals surface area contributed by atoms with E-state index in [0.717, 1.165) is 32.6 Å². The van der Waals surface area contributed by atoms with Crippen LogP contribution in [-0.2, 0) is 10.5 Å². The Labute approximate surface area is 194 Å². The molecule has 6 nitrogen and oxygen atoms in total. The van der Waals surface area contributed by atoms with E-state index in [0.29, 0.717) is 24.5 Å². The van der Waals surface area contributed by atoms with E-state index in [1.54, 1.807) is 0 Å². The number of carbonyl (C=O) groups excluding carboxylic acids is 1. The molecule has 3 aliphatic rings. The number of nitrogens with one attached hydrogen (secondary N) is 1. The predicted molar refractivity (Wildman–Crippen MR) is 125 cm³/mol. The number of hydrazone groups is 1. The summed E-state index contributed by atoms with van der Waals surface area (Å²) < 4.78 is 13.4. The maximum atomic E-state index is 13.6. The topological polar surface area (TPSA) is 63.2 Å². The predicted octanol–water partition coefficient (Wildman–Crippen LogP) is 5.20. The lowest BCUT2D eigenvalue weighted by atomic mass is 9.92. The molecular formula is C25H20BrN3O3. The largest absolute Gasteiger partial charge is 0.490 e. The lowest BCUT2D eigenvalue weighted by Gasteiger charge is -2.44. The Morgan fingerprint density at radius 1 is 1.19 bits per heavy atom. The van der Waals surface area contributed by atoms with Crippen molar-refractivity contribution in [2.24, 2.45) is 5.10 Å². The number of halogens is 1. The van der Waals surface area contributed by atoms with Crippen molar-refractivity contribution in [1.82, 2.24) is 5.01 Å². The van der Waals surface area contributed by atoms with Gasteiger partial charge in [0.2, 0.25) is 0 Å². The van der Waals surface area contributed by atoms with Crippen molar-refractivity contribution in [3.05, 3.63) is 87.9 Å². The van der Waals surface area contributed by atoms with E-state index in [1.807, 2.05) is 78.7 Å². The maximum Gasteiger partial charge on any atom is 0.306 e. The molecule has 2 atom stereocenters. The second kappa shape index (κ2) is 7.10. The van der Waals surface area contributed by atoms with E-state index in [1.165, 1.54) is 0 Å². The zero-order valence-electron chi connectivity index (χ0n) is 17.3. The highest BCUT2D eigenvalue weighted by molar-refractivity contribution is 9.10. The SMILES string of the molecule is CCOc1cccc2c1O[C@]1(C(=O)Nc3ccc(Br)cc31)N1N=C(c3ccccc3)C[C@H]21. The Morgan fingerprint density at radius 3 is 2.84 bits per heavy atom. The molecule has 160 valence electrons. The van der Waals surface area contributed by atoms with Crippen molar-refractivity contribution in [3.63, 3.8) is 0 Å². The maximum absolute atomic E-state index is 13.6. The molecule has 0 unspecified atom stereocenters. The van der Waals surface area contributed by atoms with Crippen LogP contribution >= 0.6 is 15.9 Å². The number of hydrogen-bond acceptors (Lipinski definition) is 5. The minimum Gasteiger partial charge on any atom is -0.490 e. The molecule has 0 aliphatic carbocycles. The highest BCUT2D eigenvalue weighted by Gasteiger charge is 2.61. The van der Waals surface area contributed by atoms with Gasteiger partial charge in [-0.3, -0.25) is 4.79 Å². The monoisotopic (exact) mass is 489 g/mol. The molecule has 1 amide bonds. The van der Waals surface area contributed by atoms with Crippen LogP contribution in [0.3, 0.4) is 0 Å². The minimum absolute atomic E-state index is 0.162. The molecule has 0 saturated carbocycles. The van der Waals surface area contributed by atoms with E-state index in [-0.39, 0.29) is 11.9 Å². The number of para-hydroxylation sites is 1. The first-order chi connectivity index (χ1) is 15.6. The number of benzene rings is 3. The summed E-state index contributed by atoms with van der Waals surface area (Å²) in [6.45, 7) is 2.44. The molecule has 7 heteroatoms. The average molecular weight is 490 g/mol. The van der Waals surface area contributed by atoms with Crippen LogP contribution in [-0.4, -0.2) is 23.2 Å². The van der Waals surface area contributed by atoms with Crippen LogP contribution in [0.2, 0.25) is 0 Å². The second-order valence-electron chi connectivity index (χ2n) is 7.97. The molecule has 0 fully saturated rings. The summed E-state index contributed by atoms with van der Waals surface area (Å²) in [4.78, 5) is 13.6. The summed E-state index contributed by atoms with van der Waals surface area (Å²) in [5, 5.41) is 9.81. The Bertz CT molecular complexity index is 1280. The van der Waals surface area contributed by atoms with Crippen molar-refractivity contribution in [3.8, 4) is 11.5 Å². The van der Waals surface area contributed by atoms with E-state index in [4.69, 9.17) is 14.6 Å². The van der Waals surface area contributed by atoms with Crippen molar-refractivity contribution in [2.75, 3.05) is 11.9 Å². The highest BCUT2D eigenvalue weighted by Crippen LogP contribution is 2.56. The second-order valence-corrected chi connectivity index (χ2v) is 8.89. The molecule has 3 aromatic rings. The average Bonchev–Trinajstić information content (AvgIpc) is 3.37. The van der Waals surface area contributed by atoms with Gasteiger partial charge in [-0.15, -0.1) is 0 Å². The van der Waals surface area contributed by atoms with Gasteiger partial charge in [0.15, 0.2) is 11.5 Å². The van der Waals surface area contributed by atoms with Crippen molar-refractivity contribution in [1.29, 1.82) is 0 Å². The molecule has 3 aliphatic heterocycles. The fourth-order valence-electron chi connectivity index (χ4n) is 4.78. The normalized spacial score (nSPS) is 22.6. The fraction of sp³-hybridized carbons (Fsp3) is 0.200. The van der Waals surface area contributed by atoms with Crippen LogP contribution in [0.15, 0.2) is 76.3 Å². The number of rotatable bonds is 3. The molecule has 32 heavy (non-hydrogen) atoms. The van der Waals surface area contributed by atoms with Crippen LogP contribution < -0.4 is 14.8 Å². The minimum atomic E-state index is -1.42. The van der Waals surface area contributed by atoms with Crippen LogP contribution in [0.1, 0.15) is 36.1 Å². The van der Waals surface area contributed by atoms with E-state index < -0.39 is 5.72 Å². The van der Waals surface area contributed by atoms with E-state index >= 15 is 0 Å². The Balaban J connectivity index is 1.59. The third-order valence-corrected chi connectivity index (χ3v) is 6.65. The van der Waals surface area contributed by atoms with Crippen LogP contribution in [0, 0.1) is 0 Å². The number of anilines is 1. The van der Waals surface area contributed by atoms with Gasteiger partial charge in [-0.05, 0) is 36.8 Å². The van der Waals surface area contributed by atoms with Gasteiger partial charge in [0.1, 0.15) is 0 Å². The van der Waals surface area contributed by atoms with Gasteiger partial charge in [0.05, 0.1) is 29.6 Å². The standard InChI is InChI=1S/C25H20BrN3O3/c1-2-31-22-10-6-9-17-21-14-20(15-7-4-3-5-8-15)28-29(21)25(32-23(17)22)18-13-16(26)11-12-19(18)27-24(25)30/h3-13,21H,2,14H2,1H3,(H,27,30)/t21-,25-/m1/s1. The molecule has 3 heterocycles. The highest BCUT2D eigenvalue weighted by atomic mass is 79.9. The first-order valence-corrected chi connectivity index (χ1v) is 11.4. The molecule has 0 aromatic heterocycles. The molecule has 3 aromatic carbocycles. The number of fused-ring (bicyclic) bond motifs is 6. The smallest absolute Gasteiger partial charge is 0.306 e. The van der Waals surface area contributed by atoms with Crippen LogP contribution in [0.25, 0.3) is 0 Å². The van der Waals surface area contributed by atoms with Crippen LogP contribution in [0.5, 0.6) is 11.5 Å². The lowest BCUT2D eigenvalue weighted by molar-refractivity contribution is -0.161. The molecule has 0 bridgehead atoms. The number of nitrogens with zero attached hydrogens (tertiary/aromatic N) is 2. The number of ether oxygens (including phenoxy) is 2. The van der Waals surface area contributed by atoms with Gasteiger partial charge in [-0.1, -0.05) is 58.4 Å². The first-order valence-electron chi connectivity index (χ1n) is 10.6. The fourth-order valence-corrected chi connectivity index (χ4v) is 5.14. The summed E-state index contributed by atoms with van der Waals surface area (Å²) in [7, 11) is 0. The molecular weight excluding hydrogens is 470 g/mol. The summed E-state index contributed by atoms with van der Waals surface area (Å²) in [6, 6.07) is 21.5. The number of carbonyl (C=O) groups is 1. The van der Waals surface area contributed by atoms with Crippen molar-refractivity contribution < 1.29 is 14.3 Å². The lowest BCUT2D eigenvalue weighted by Crippen LogP contribution is -2.55. The molecule has 6 rings (SSSR count). The zero-order chi connectivity index (χ0) is 21.9. The van der Waals surface area contributed by atoms with Crippen LogP contribution in [0.4, 0.5) is 5.69 Å². The van der Waals surface area contributed by atoms with Crippen molar-refractivity contribution in [2.45, 2.75) is 25.1 Å². The summed E-state index contributed by atoms with van der Waals surface area (Å²) >= 11 is 3.55. The van der Waals surface area contributed by atoms with Crippen molar-refractivity contribution >= 4 is 33.2 Å². The van der Waals surface area contributed by atoms with Gasteiger partial charge in [0, 0.05) is 16.5 Å². The summed E-state index contributed by atoms with van der Waals surface area (Å²) in [5.74, 6) is 0.974. The van der Waals surface area contributed by atoms with E-state index in [9.17, 15) is 4.79 Å². The molecule has 0 saturated heterocycles. The Hall–Kier alpha value is -3.32. The number of amides is 1. The van der Waals surface area contributed by atoms with E-state index in [2.05, 4.69) is 21.2 Å². The Kier molecular flexibility index (Phi) is 4.30. The molecule has 1 N–H and O–H groups in total. The quantitative estimate of drug-likeness (QED) is 0.549. The molecule has 1 spiro atoms. The van der Waals surface area contributed by atoms with Gasteiger partial charge in [-0.25, -0.2) is 5.01 Å². The van der Waals surface area contributed by atoms with Gasteiger partial charge >= 0.3 is 5.72 Å². The first kappa shape index (κ1) is 19.4.